The first-order chi connectivity index (χ1) is 14.4. The third kappa shape index (κ3) is 3.81. The van der Waals surface area contributed by atoms with Crippen molar-refractivity contribution in [2.24, 2.45) is 0 Å². The minimum atomic E-state index is -1.77. The van der Waals surface area contributed by atoms with E-state index in [2.05, 4.69) is 0 Å². The summed E-state index contributed by atoms with van der Waals surface area (Å²) in [7, 11) is 0. The van der Waals surface area contributed by atoms with Crippen LogP contribution < -0.4 is 4.74 Å². The summed E-state index contributed by atoms with van der Waals surface area (Å²) >= 11 is 1.81. The Morgan fingerprint density at radius 1 is 0.833 bits per heavy atom. The SMILES string of the molecule is Cc1ccc2c(c1)C(=O)CCO2.Fc1c(F)c(F)c2c(c1F)Sc1ccccc1S2. The van der Waals surface area contributed by atoms with Gasteiger partial charge in [0.25, 0.3) is 0 Å². The van der Waals surface area contributed by atoms with Gasteiger partial charge in [-0.3, -0.25) is 4.79 Å². The van der Waals surface area contributed by atoms with Gasteiger partial charge in [-0.1, -0.05) is 47.3 Å². The van der Waals surface area contributed by atoms with Crippen LogP contribution in [0.4, 0.5) is 17.6 Å². The molecule has 0 aliphatic carbocycles. The Morgan fingerprint density at radius 2 is 1.40 bits per heavy atom. The molecule has 0 N–H and O–H groups in total. The number of halogens is 4. The molecule has 2 aliphatic heterocycles. The highest BCUT2D eigenvalue weighted by atomic mass is 32.2. The number of aryl methyl sites for hydroxylation is 1. The van der Waals surface area contributed by atoms with Gasteiger partial charge in [0.1, 0.15) is 5.75 Å². The Morgan fingerprint density at radius 3 is 1.97 bits per heavy atom. The van der Waals surface area contributed by atoms with E-state index in [4.69, 9.17) is 4.74 Å². The minimum absolute atomic E-state index is 0.194. The predicted molar refractivity (Wildman–Crippen MR) is 107 cm³/mol. The van der Waals surface area contributed by atoms with E-state index in [0.717, 1.165) is 40.4 Å². The number of hydrogen-bond donors (Lipinski definition) is 0. The number of Topliss-reactive ketones (excluding diaryl/α,β-unsaturated/α-hetero) is 1. The van der Waals surface area contributed by atoms with Crippen molar-refractivity contribution in [2.75, 3.05) is 6.61 Å². The molecule has 5 rings (SSSR count). The maximum atomic E-state index is 13.6. The Hall–Kier alpha value is -2.45. The summed E-state index contributed by atoms with van der Waals surface area (Å²) in [6.45, 7) is 2.50. The molecule has 30 heavy (non-hydrogen) atoms. The van der Waals surface area contributed by atoms with Gasteiger partial charge in [0.2, 0.25) is 0 Å². The molecule has 154 valence electrons. The van der Waals surface area contributed by atoms with Crippen molar-refractivity contribution < 1.29 is 27.1 Å². The van der Waals surface area contributed by atoms with Crippen molar-refractivity contribution in [2.45, 2.75) is 32.9 Å². The van der Waals surface area contributed by atoms with Gasteiger partial charge < -0.3 is 4.74 Å². The molecule has 2 nitrogen and oxygen atoms in total. The van der Waals surface area contributed by atoms with E-state index >= 15 is 0 Å². The van der Waals surface area contributed by atoms with Gasteiger partial charge in [0.15, 0.2) is 29.1 Å². The zero-order valence-corrected chi connectivity index (χ0v) is 17.2. The van der Waals surface area contributed by atoms with Gasteiger partial charge >= 0.3 is 0 Å². The average molecular weight is 450 g/mol. The molecule has 0 saturated carbocycles. The zero-order chi connectivity index (χ0) is 21.4. The van der Waals surface area contributed by atoms with E-state index in [1.807, 2.05) is 25.1 Å². The molecule has 0 unspecified atom stereocenters. The molecule has 0 radical (unpaired) electrons. The fraction of sp³-hybridized carbons (Fsp3) is 0.136. The lowest BCUT2D eigenvalue weighted by molar-refractivity contribution is 0.0933. The van der Waals surface area contributed by atoms with Gasteiger partial charge in [-0.25, -0.2) is 17.6 Å². The van der Waals surface area contributed by atoms with Crippen LogP contribution in [0, 0.1) is 30.2 Å². The summed E-state index contributed by atoms with van der Waals surface area (Å²) < 4.78 is 58.8. The second kappa shape index (κ2) is 8.35. The Balaban J connectivity index is 0.000000158. The quantitative estimate of drug-likeness (QED) is 0.167. The fourth-order valence-corrected chi connectivity index (χ4v) is 5.28. The molecular weight excluding hydrogens is 436 g/mol. The van der Waals surface area contributed by atoms with Crippen LogP contribution in [0.1, 0.15) is 22.3 Å². The van der Waals surface area contributed by atoms with Crippen LogP contribution in [-0.4, -0.2) is 12.4 Å². The first-order valence-corrected chi connectivity index (χ1v) is 10.6. The molecule has 2 heterocycles. The molecule has 3 aromatic carbocycles. The monoisotopic (exact) mass is 450 g/mol. The van der Waals surface area contributed by atoms with Crippen LogP contribution in [0.25, 0.3) is 0 Å². The van der Waals surface area contributed by atoms with Crippen molar-refractivity contribution in [1.29, 1.82) is 0 Å². The van der Waals surface area contributed by atoms with Crippen molar-refractivity contribution in [3.8, 4) is 5.75 Å². The van der Waals surface area contributed by atoms with Crippen molar-refractivity contribution in [1.82, 2.24) is 0 Å². The second-order valence-corrected chi connectivity index (χ2v) is 8.69. The Kier molecular flexibility index (Phi) is 5.79. The zero-order valence-electron chi connectivity index (χ0n) is 15.6. The summed E-state index contributed by atoms with van der Waals surface area (Å²) in [4.78, 5) is 12.3. The third-order valence-electron chi connectivity index (χ3n) is 4.48. The highest BCUT2D eigenvalue weighted by molar-refractivity contribution is 8.05. The molecule has 2 aliphatic rings. The summed E-state index contributed by atoms with van der Waals surface area (Å²) in [6.07, 6.45) is 0.510. The standard InChI is InChI=1S/C12H4F4S2.C10H10O2/c13-7-8(14)10(16)12-11(9(7)15)17-5-3-1-2-4-6(5)18-12;1-7-2-3-10-8(6-7)9(11)4-5-12-10/h1-4H;2-3,6H,4-5H2,1H3. The van der Waals surface area contributed by atoms with Gasteiger partial charge in [-0.05, 0) is 31.2 Å². The molecule has 0 fully saturated rings. The van der Waals surface area contributed by atoms with Crippen molar-refractivity contribution >= 4 is 29.3 Å². The largest absolute Gasteiger partial charge is 0.492 e. The highest BCUT2D eigenvalue weighted by Crippen LogP contribution is 2.51. The first-order valence-electron chi connectivity index (χ1n) is 8.94. The molecule has 3 aromatic rings. The van der Waals surface area contributed by atoms with Crippen LogP contribution in [-0.2, 0) is 0 Å². The molecule has 0 spiro atoms. The summed E-state index contributed by atoms with van der Waals surface area (Å²) in [5.41, 5.74) is 1.84. The maximum Gasteiger partial charge on any atom is 0.198 e. The average Bonchev–Trinajstić information content (AvgIpc) is 2.76. The number of hydrogen-bond acceptors (Lipinski definition) is 4. The molecule has 0 bridgehead atoms. The van der Waals surface area contributed by atoms with Crippen LogP contribution in [0.2, 0.25) is 0 Å². The van der Waals surface area contributed by atoms with E-state index in [-0.39, 0.29) is 15.6 Å². The number of carbonyl (C=O) groups is 1. The molecule has 0 amide bonds. The van der Waals surface area contributed by atoms with Crippen molar-refractivity contribution in [3.63, 3.8) is 0 Å². The van der Waals surface area contributed by atoms with E-state index in [1.54, 1.807) is 24.3 Å². The first kappa shape index (κ1) is 20.8. The normalized spacial score (nSPS) is 14.0. The van der Waals surface area contributed by atoms with Crippen LogP contribution in [0.5, 0.6) is 5.75 Å². The van der Waals surface area contributed by atoms with Gasteiger partial charge in [-0.2, -0.15) is 0 Å². The highest BCUT2D eigenvalue weighted by Gasteiger charge is 2.30. The van der Waals surface area contributed by atoms with Crippen molar-refractivity contribution in [3.05, 3.63) is 76.9 Å². The van der Waals surface area contributed by atoms with Gasteiger partial charge in [0, 0.05) is 16.2 Å². The Bertz CT molecular complexity index is 1110. The number of benzene rings is 3. The summed E-state index contributed by atoms with van der Waals surface area (Å²) in [5, 5.41) is 0. The fourth-order valence-electron chi connectivity index (χ4n) is 2.99. The number of ketones is 1. The molecule has 0 saturated heterocycles. The van der Waals surface area contributed by atoms with Gasteiger partial charge in [-0.15, -0.1) is 0 Å². The third-order valence-corrected chi connectivity index (χ3v) is 7.06. The lowest BCUT2D eigenvalue weighted by Crippen LogP contribution is -2.15. The topological polar surface area (TPSA) is 26.3 Å². The second-order valence-electron chi connectivity index (χ2n) is 6.59. The van der Waals surface area contributed by atoms with E-state index < -0.39 is 23.3 Å². The molecular formula is C22H14F4O2S2. The lowest BCUT2D eigenvalue weighted by Gasteiger charge is -2.19. The van der Waals surface area contributed by atoms with E-state index in [9.17, 15) is 22.4 Å². The molecule has 8 heteroatoms. The number of ether oxygens (including phenoxy) is 1. The predicted octanol–water partition coefficient (Wildman–Crippen LogP) is 6.82. The smallest absolute Gasteiger partial charge is 0.198 e. The molecule has 0 aromatic heterocycles. The van der Waals surface area contributed by atoms with E-state index in [1.165, 1.54) is 0 Å². The number of carbonyl (C=O) groups excluding carboxylic acids is 1. The number of fused-ring (bicyclic) bond motifs is 3. The van der Waals surface area contributed by atoms with Crippen LogP contribution in [0.3, 0.4) is 0 Å². The van der Waals surface area contributed by atoms with Crippen LogP contribution >= 0.6 is 23.5 Å². The maximum absolute atomic E-state index is 13.6. The summed E-state index contributed by atoms with van der Waals surface area (Å²) in [6, 6.07) is 12.6. The molecule has 0 atom stereocenters. The number of rotatable bonds is 0. The summed E-state index contributed by atoms with van der Waals surface area (Å²) in [5.74, 6) is -5.28. The Labute approximate surface area is 178 Å². The lowest BCUT2D eigenvalue weighted by atomic mass is 10.0. The van der Waals surface area contributed by atoms with Gasteiger partial charge in [0.05, 0.1) is 22.0 Å². The van der Waals surface area contributed by atoms with Crippen LogP contribution in [0.15, 0.2) is 62.0 Å². The minimum Gasteiger partial charge on any atom is -0.492 e. The van der Waals surface area contributed by atoms with E-state index in [0.29, 0.717) is 22.8 Å².